The number of carbonyl (C=O) groups excluding carboxylic acids is 2. The normalized spacial score (nSPS) is 12.9. The van der Waals surface area contributed by atoms with Crippen molar-refractivity contribution in [2.24, 2.45) is 0 Å². The van der Waals surface area contributed by atoms with Gasteiger partial charge < -0.3 is 14.5 Å². The standard InChI is InChI=1S/C26H22FN3O5/c1-15(31)28-18-8-11-20-16(12-24(32)35-23(20)13-18)14-34-26(33)25-21-4-2-3-5-22(21)30(29-25)19-9-6-17(27)7-10-19/h6-13H,2-5,14H2,1H3,(H,28,31). The van der Waals surface area contributed by atoms with Crippen molar-refractivity contribution in [1.82, 2.24) is 9.78 Å². The number of fused-ring (bicyclic) bond motifs is 2. The smallest absolute Gasteiger partial charge is 0.359 e. The van der Waals surface area contributed by atoms with Crippen LogP contribution in [0.3, 0.4) is 0 Å². The number of nitrogens with one attached hydrogen (secondary N) is 1. The van der Waals surface area contributed by atoms with Crippen molar-refractivity contribution in [1.29, 1.82) is 0 Å². The highest BCUT2D eigenvalue weighted by Crippen LogP contribution is 2.28. The summed E-state index contributed by atoms with van der Waals surface area (Å²) < 4.78 is 25.9. The molecule has 0 aliphatic heterocycles. The predicted octanol–water partition coefficient (Wildman–Crippen LogP) is 4.31. The Morgan fingerprint density at radius 1 is 1.11 bits per heavy atom. The average molecular weight is 475 g/mol. The maximum absolute atomic E-state index is 13.4. The Labute approximate surface area is 199 Å². The summed E-state index contributed by atoms with van der Waals surface area (Å²) in [6, 6.07) is 12.1. The molecule has 2 heterocycles. The molecule has 0 radical (unpaired) electrons. The molecule has 9 heteroatoms. The number of anilines is 1. The van der Waals surface area contributed by atoms with Gasteiger partial charge in [-0.1, -0.05) is 0 Å². The first-order valence-electron chi connectivity index (χ1n) is 11.3. The zero-order valence-electron chi connectivity index (χ0n) is 19.0. The molecule has 0 spiro atoms. The molecular weight excluding hydrogens is 453 g/mol. The molecule has 0 atom stereocenters. The quantitative estimate of drug-likeness (QED) is 0.341. The topological polar surface area (TPSA) is 103 Å². The molecule has 2 aromatic carbocycles. The van der Waals surface area contributed by atoms with E-state index in [2.05, 4.69) is 10.4 Å². The van der Waals surface area contributed by atoms with E-state index in [-0.39, 0.29) is 29.6 Å². The lowest BCUT2D eigenvalue weighted by molar-refractivity contribution is -0.114. The number of hydrogen-bond donors (Lipinski definition) is 1. The largest absolute Gasteiger partial charge is 0.456 e. The fourth-order valence-electron chi connectivity index (χ4n) is 4.40. The van der Waals surface area contributed by atoms with Gasteiger partial charge in [0.05, 0.1) is 5.69 Å². The number of hydrogen-bond acceptors (Lipinski definition) is 6. The predicted molar refractivity (Wildman–Crippen MR) is 126 cm³/mol. The van der Waals surface area contributed by atoms with Gasteiger partial charge in [-0.3, -0.25) is 4.79 Å². The lowest BCUT2D eigenvalue weighted by atomic mass is 9.95. The van der Waals surface area contributed by atoms with Crippen molar-refractivity contribution in [2.45, 2.75) is 39.2 Å². The van der Waals surface area contributed by atoms with Crippen LogP contribution in [0.2, 0.25) is 0 Å². The van der Waals surface area contributed by atoms with E-state index in [1.807, 2.05) is 0 Å². The first kappa shape index (κ1) is 22.5. The van der Waals surface area contributed by atoms with E-state index >= 15 is 0 Å². The van der Waals surface area contributed by atoms with Crippen molar-refractivity contribution in [3.05, 3.63) is 87.3 Å². The molecule has 178 valence electrons. The lowest BCUT2D eigenvalue weighted by Crippen LogP contribution is -2.12. The number of halogens is 1. The first-order valence-corrected chi connectivity index (χ1v) is 11.3. The molecule has 2 aromatic heterocycles. The minimum absolute atomic E-state index is 0.154. The number of benzene rings is 2. The Hall–Kier alpha value is -4.27. The van der Waals surface area contributed by atoms with Gasteiger partial charge in [0.1, 0.15) is 18.0 Å². The summed E-state index contributed by atoms with van der Waals surface area (Å²) in [6.45, 7) is 1.23. The first-order chi connectivity index (χ1) is 16.9. The van der Waals surface area contributed by atoms with E-state index in [4.69, 9.17) is 9.15 Å². The highest BCUT2D eigenvalue weighted by Gasteiger charge is 2.27. The van der Waals surface area contributed by atoms with Crippen LogP contribution in [-0.2, 0) is 29.0 Å². The second-order valence-corrected chi connectivity index (χ2v) is 8.43. The molecule has 8 nitrogen and oxygen atoms in total. The van der Waals surface area contributed by atoms with Crippen LogP contribution in [0, 0.1) is 5.82 Å². The van der Waals surface area contributed by atoms with Gasteiger partial charge in [0.15, 0.2) is 5.69 Å². The van der Waals surface area contributed by atoms with Crippen LogP contribution >= 0.6 is 0 Å². The third kappa shape index (κ3) is 4.57. The molecule has 0 unspecified atom stereocenters. The Morgan fingerprint density at radius 2 is 1.89 bits per heavy atom. The summed E-state index contributed by atoms with van der Waals surface area (Å²) in [7, 11) is 0. The van der Waals surface area contributed by atoms with E-state index < -0.39 is 11.6 Å². The monoisotopic (exact) mass is 475 g/mol. The van der Waals surface area contributed by atoms with Gasteiger partial charge in [0.25, 0.3) is 0 Å². The second-order valence-electron chi connectivity index (χ2n) is 8.43. The van der Waals surface area contributed by atoms with Gasteiger partial charge in [-0.05, 0) is 62.1 Å². The molecule has 5 rings (SSSR count). The summed E-state index contributed by atoms with van der Waals surface area (Å²) >= 11 is 0. The molecule has 1 aliphatic carbocycles. The fourth-order valence-corrected chi connectivity index (χ4v) is 4.40. The SMILES string of the molecule is CC(=O)Nc1ccc2c(COC(=O)c3nn(-c4ccc(F)cc4)c4c3CCCC4)cc(=O)oc2c1. The molecule has 4 aromatic rings. The van der Waals surface area contributed by atoms with Crippen molar-refractivity contribution in [3.8, 4) is 5.69 Å². The van der Waals surface area contributed by atoms with Crippen molar-refractivity contribution < 1.29 is 23.1 Å². The summed E-state index contributed by atoms with van der Waals surface area (Å²) in [6.07, 6.45) is 3.36. The minimum atomic E-state index is -0.597. The van der Waals surface area contributed by atoms with E-state index in [1.165, 1.54) is 25.1 Å². The van der Waals surface area contributed by atoms with Crippen LogP contribution < -0.4 is 10.9 Å². The van der Waals surface area contributed by atoms with Crippen LogP contribution in [-0.4, -0.2) is 21.7 Å². The molecule has 35 heavy (non-hydrogen) atoms. The van der Waals surface area contributed by atoms with Gasteiger partial charge >= 0.3 is 11.6 Å². The summed E-state index contributed by atoms with van der Waals surface area (Å²) in [4.78, 5) is 36.5. The zero-order valence-corrected chi connectivity index (χ0v) is 19.0. The summed E-state index contributed by atoms with van der Waals surface area (Å²) in [5.41, 5.74) is 3.30. The van der Waals surface area contributed by atoms with E-state index in [0.29, 0.717) is 28.7 Å². The Bertz CT molecular complexity index is 1500. The van der Waals surface area contributed by atoms with Crippen molar-refractivity contribution in [3.63, 3.8) is 0 Å². The molecule has 1 N–H and O–H groups in total. The summed E-state index contributed by atoms with van der Waals surface area (Å²) in [5, 5.41) is 7.75. The van der Waals surface area contributed by atoms with Crippen LogP contribution in [0.4, 0.5) is 10.1 Å². The molecule has 1 aliphatic rings. The number of rotatable bonds is 5. The van der Waals surface area contributed by atoms with E-state index in [1.54, 1.807) is 35.0 Å². The van der Waals surface area contributed by atoms with Crippen molar-refractivity contribution >= 4 is 28.5 Å². The molecule has 1 amide bonds. The van der Waals surface area contributed by atoms with Crippen LogP contribution in [0.15, 0.2) is 57.7 Å². The van der Waals surface area contributed by atoms with Crippen LogP contribution in [0.1, 0.15) is 47.1 Å². The van der Waals surface area contributed by atoms with E-state index in [0.717, 1.165) is 30.5 Å². The van der Waals surface area contributed by atoms with Gasteiger partial charge in [0.2, 0.25) is 5.91 Å². The Morgan fingerprint density at radius 3 is 2.66 bits per heavy atom. The van der Waals surface area contributed by atoms with E-state index in [9.17, 15) is 18.8 Å². The zero-order chi connectivity index (χ0) is 24.5. The van der Waals surface area contributed by atoms with Crippen molar-refractivity contribution in [2.75, 3.05) is 5.32 Å². The number of nitrogens with zero attached hydrogens (tertiary/aromatic N) is 2. The molecule has 0 saturated carbocycles. The average Bonchev–Trinajstić information content (AvgIpc) is 3.22. The number of esters is 1. The fraction of sp³-hybridized carbons (Fsp3) is 0.231. The summed E-state index contributed by atoms with van der Waals surface area (Å²) in [5.74, 6) is -1.20. The second kappa shape index (κ2) is 9.17. The number of ether oxygens (including phenoxy) is 1. The molecule has 0 fully saturated rings. The maximum Gasteiger partial charge on any atom is 0.359 e. The third-order valence-corrected chi connectivity index (χ3v) is 5.95. The molecule has 0 bridgehead atoms. The number of amides is 1. The van der Waals surface area contributed by atoms with Crippen LogP contribution in [0.25, 0.3) is 16.7 Å². The van der Waals surface area contributed by atoms with Gasteiger partial charge in [0, 0.05) is 47.0 Å². The van der Waals surface area contributed by atoms with Gasteiger partial charge in [-0.2, -0.15) is 5.10 Å². The lowest BCUT2D eigenvalue weighted by Gasteiger charge is -2.14. The number of aromatic nitrogens is 2. The number of carbonyl (C=O) groups is 2. The highest BCUT2D eigenvalue weighted by atomic mass is 19.1. The third-order valence-electron chi connectivity index (χ3n) is 5.95. The van der Waals surface area contributed by atoms with Gasteiger partial charge in [-0.25, -0.2) is 18.7 Å². The maximum atomic E-state index is 13.4. The Balaban J connectivity index is 1.43. The molecule has 0 saturated heterocycles. The van der Waals surface area contributed by atoms with Crippen LogP contribution in [0.5, 0.6) is 0 Å². The highest BCUT2D eigenvalue weighted by molar-refractivity contribution is 5.92. The van der Waals surface area contributed by atoms with Gasteiger partial charge in [-0.15, -0.1) is 0 Å². The Kier molecular flexibility index (Phi) is 5.90. The minimum Gasteiger partial charge on any atom is -0.456 e. The molecular formula is C26H22FN3O5.